The molecule has 0 N–H and O–H groups in total. The van der Waals surface area contributed by atoms with Gasteiger partial charge in [0.1, 0.15) is 5.82 Å². The summed E-state index contributed by atoms with van der Waals surface area (Å²) in [5.41, 5.74) is 9.23. The zero-order chi connectivity index (χ0) is 23.2. The van der Waals surface area contributed by atoms with Gasteiger partial charge in [0.2, 0.25) is 0 Å². The lowest BCUT2D eigenvalue weighted by Gasteiger charge is -2.37. The van der Waals surface area contributed by atoms with E-state index in [-0.39, 0.29) is 6.04 Å². The molecule has 2 aromatic rings. The lowest BCUT2D eigenvalue weighted by molar-refractivity contribution is 0.497. The van der Waals surface area contributed by atoms with Gasteiger partial charge >= 0.3 is 0 Å². The Morgan fingerprint density at radius 3 is 2.77 bits per heavy atom. The van der Waals surface area contributed by atoms with Crippen LogP contribution in [0.1, 0.15) is 31.1 Å². The number of para-hydroxylation sites is 2. The summed E-state index contributed by atoms with van der Waals surface area (Å²) in [5.74, 6) is 1.86. The Bertz CT molecular complexity index is 1520. The molecule has 0 radical (unpaired) electrons. The van der Waals surface area contributed by atoms with Gasteiger partial charge in [-0.15, -0.1) is 0 Å². The Morgan fingerprint density at radius 1 is 0.857 bits per heavy atom. The second kappa shape index (κ2) is 8.39. The van der Waals surface area contributed by atoms with Crippen molar-refractivity contribution in [3.05, 3.63) is 144 Å². The molecule has 170 valence electrons. The van der Waals surface area contributed by atoms with E-state index in [0.29, 0.717) is 11.8 Å². The summed E-state index contributed by atoms with van der Waals surface area (Å²) < 4.78 is 2.49. The maximum absolute atomic E-state index is 5.10. The first kappa shape index (κ1) is 20.5. The van der Waals surface area contributed by atoms with E-state index in [1.54, 1.807) is 0 Å². The van der Waals surface area contributed by atoms with Crippen LogP contribution in [-0.2, 0) is 0 Å². The highest BCUT2D eigenvalue weighted by Gasteiger charge is 2.36. The average Bonchev–Trinajstić information content (AvgIpc) is 3.31. The number of aromatic nitrogens is 2. The van der Waals surface area contributed by atoms with Gasteiger partial charge in [-0.1, -0.05) is 103 Å². The fraction of sp³-hybridized carbons (Fsp3) is 0.182. The molecule has 2 nitrogen and oxygen atoms in total. The largest absolute Gasteiger partial charge is 0.316 e. The molecular formula is C33H28N2. The second-order valence-electron chi connectivity index (χ2n) is 9.79. The minimum atomic E-state index is 0.247. The molecule has 0 fully saturated rings. The molecule has 0 saturated heterocycles. The van der Waals surface area contributed by atoms with Crippen LogP contribution in [-0.4, -0.2) is 9.55 Å². The fourth-order valence-corrected chi connectivity index (χ4v) is 6.19. The van der Waals surface area contributed by atoms with Gasteiger partial charge in [0.25, 0.3) is 0 Å². The smallest absolute Gasteiger partial charge is 0.137 e. The van der Waals surface area contributed by atoms with Crippen LogP contribution in [0.25, 0.3) is 16.6 Å². The van der Waals surface area contributed by atoms with Gasteiger partial charge in [-0.3, -0.25) is 0 Å². The van der Waals surface area contributed by atoms with E-state index < -0.39 is 0 Å². The highest BCUT2D eigenvalue weighted by Crippen LogP contribution is 2.48. The third kappa shape index (κ3) is 3.36. The minimum absolute atomic E-state index is 0.247. The van der Waals surface area contributed by atoms with Gasteiger partial charge in [-0.05, 0) is 59.3 Å². The molecule has 4 aliphatic carbocycles. The Morgan fingerprint density at radius 2 is 1.77 bits per heavy atom. The third-order valence-electron chi connectivity index (χ3n) is 7.80. The molecule has 2 heteroatoms. The molecule has 3 atom stereocenters. The summed E-state index contributed by atoms with van der Waals surface area (Å²) in [4.78, 5) is 5.10. The van der Waals surface area contributed by atoms with Crippen LogP contribution in [0.2, 0.25) is 0 Å². The lowest BCUT2D eigenvalue weighted by atomic mass is 9.74. The van der Waals surface area contributed by atoms with Crippen LogP contribution in [0, 0.1) is 11.8 Å². The standard InChI is InChI=1S/C33H28N2/c1-2-4-12-23-13-6-7-15-25(23)26(14-5-3-1)24-20-21-31-29(22-24)27-16-8-9-17-28(27)33-34-30-18-10-11-19-32(30)35(31)33/h1-8,10-12,14-16,18-23,29,31H,9,13,17H2/b2-1-,5-3+,12-4+,26-14-. The molecule has 0 bridgehead atoms. The molecule has 5 aliphatic rings. The number of imidazole rings is 1. The summed E-state index contributed by atoms with van der Waals surface area (Å²) in [5, 5.41) is 0. The summed E-state index contributed by atoms with van der Waals surface area (Å²) >= 11 is 0. The number of hydrogen-bond acceptors (Lipinski definition) is 1. The lowest BCUT2D eigenvalue weighted by Crippen LogP contribution is -2.28. The van der Waals surface area contributed by atoms with E-state index in [1.165, 1.54) is 33.4 Å². The van der Waals surface area contributed by atoms with Crippen molar-refractivity contribution in [3.8, 4) is 0 Å². The molecule has 2 heterocycles. The molecule has 3 unspecified atom stereocenters. The highest BCUT2D eigenvalue weighted by atomic mass is 15.1. The summed E-state index contributed by atoms with van der Waals surface area (Å²) in [6.07, 6.45) is 37.3. The molecular weight excluding hydrogens is 424 g/mol. The number of fused-ring (bicyclic) bond motifs is 8. The molecule has 1 aromatic heterocycles. The van der Waals surface area contributed by atoms with Crippen molar-refractivity contribution in [1.29, 1.82) is 0 Å². The van der Waals surface area contributed by atoms with Crippen molar-refractivity contribution in [3.63, 3.8) is 0 Å². The van der Waals surface area contributed by atoms with Crippen LogP contribution >= 0.6 is 0 Å². The molecule has 1 aromatic carbocycles. The van der Waals surface area contributed by atoms with Crippen molar-refractivity contribution < 1.29 is 0 Å². The van der Waals surface area contributed by atoms with Crippen molar-refractivity contribution >= 4 is 16.6 Å². The predicted molar refractivity (Wildman–Crippen MR) is 146 cm³/mol. The first-order chi connectivity index (χ1) is 17.4. The zero-order valence-electron chi connectivity index (χ0n) is 19.7. The van der Waals surface area contributed by atoms with Crippen molar-refractivity contribution in [1.82, 2.24) is 9.55 Å². The zero-order valence-corrected chi connectivity index (χ0v) is 19.7. The van der Waals surface area contributed by atoms with E-state index in [1.807, 2.05) is 0 Å². The predicted octanol–water partition coefficient (Wildman–Crippen LogP) is 7.92. The van der Waals surface area contributed by atoms with E-state index >= 15 is 0 Å². The van der Waals surface area contributed by atoms with Crippen LogP contribution in [0.3, 0.4) is 0 Å². The Balaban J connectivity index is 1.39. The van der Waals surface area contributed by atoms with Gasteiger partial charge < -0.3 is 4.57 Å². The molecule has 35 heavy (non-hydrogen) atoms. The van der Waals surface area contributed by atoms with Crippen LogP contribution in [0.15, 0.2) is 138 Å². The van der Waals surface area contributed by atoms with E-state index in [0.717, 1.165) is 30.6 Å². The Hall–Kier alpha value is -3.91. The number of benzene rings is 1. The first-order valence-electron chi connectivity index (χ1n) is 12.7. The summed E-state index contributed by atoms with van der Waals surface area (Å²) in [6, 6.07) is 8.84. The maximum atomic E-state index is 5.10. The van der Waals surface area contributed by atoms with Gasteiger partial charge in [0.15, 0.2) is 0 Å². The maximum Gasteiger partial charge on any atom is 0.137 e. The third-order valence-corrected chi connectivity index (χ3v) is 7.80. The Labute approximate surface area is 206 Å². The van der Waals surface area contributed by atoms with Gasteiger partial charge in [-0.2, -0.15) is 0 Å². The van der Waals surface area contributed by atoms with Crippen LogP contribution in [0.4, 0.5) is 0 Å². The van der Waals surface area contributed by atoms with Crippen molar-refractivity contribution in [2.75, 3.05) is 0 Å². The molecule has 0 amide bonds. The number of nitrogens with zero attached hydrogens (tertiary/aromatic N) is 2. The SMILES string of the molecule is C1=CCC2/C=C/C=C\C=C\C=C(\C3=CC4C5=C(CCC=C5)c5nc6ccccc6n5C4C=C3)C2=C1. The Kier molecular flexibility index (Phi) is 4.91. The summed E-state index contributed by atoms with van der Waals surface area (Å²) in [6.45, 7) is 0. The van der Waals surface area contributed by atoms with Crippen molar-refractivity contribution in [2.24, 2.45) is 11.8 Å². The fourth-order valence-electron chi connectivity index (χ4n) is 6.19. The monoisotopic (exact) mass is 452 g/mol. The highest BCUT2D eigenvalue weighted by molar-refractivity contribution is 5.83. The van der Waals surface area contributed by atoms with Crippen molar-refractivity contribution in [2.45, 2.75) is 25.3 Å². The average molecular weight is 453 g/mol. The molecule has 7 rings (SSSR count). The summed E-state index contributed by atoms with van der Waals surface area (Å²) in [7, 11) is 0. The van der Waals surface area contributed by atoms with Crippen LogP contribution in [0.5, 0.6) is 0 Å². The quantitative estimate of drug-likeness (QED) is 0.430. The second-order valence-corrected chi connectivity index (χ2v) is 9.79. The molecule has 0 spiro atoms. The number of hydrogen-bond donors (Lipinski definition) is 0. The minimum Gasteiger partial charge on any atom is -0.316 e. The number of rotatable bonds is 1. The number of allylic oxidation sites excluding steroid dienone is 20. The van der Waals surface area contributed by atoms with Gasteiger partial charge in [0, 0.05) is 11.8 Å². The van der Waals surface area contributed by atoms with Gasteiger partial charge in [-0.25, -0.2) is 4.98 Å². The van der Waals surface area contributed by atoms with Crippen LogP contribution < -0.4 is 0 Å². The van der Waals surface area contributed by atoms with Gasteiger partial charge in [0.05, 0.1) is 17.1 Å². The van der Waals surface area contributed by atoms with E-state index in [2.05, 4.69) is 120 Å². The van der Waals surface area contributed by atoms with E-state index in [4.69, 9.17) is 4.98 Å². The molecule has 1 aliphatic heterocycles. The normalized spacial score (nSPS) is 30.7. The first-order valence-corrected chi connectivity index (χ1v) is 12.7. The molecule has 0 saturated carbocycles. The topological polar surface area (TPSA) is 17.8 Å². The van der Waals surface area contributed by atoms with E-state index in [9.17, 15) is 0 Å².